The number of ether oxygens (including phenoxy) is 1. The van der Waals surface area contributed by atoms with Gasteiger partial charge in [0.05, 0.1) is 15.5 Å². The van der Waals surface area contributed by atoms with Gasteiger partial charge in [-0.3, -0.25) is 10.1 Å². The van der Waals surface area contributed by atoms with Crippen LogP contribution in [0.4, 0.5) is 11.5 Å². The SMILES string of the molecule is CNc1nc(Oc2cccc([N+](=O)[O-])c2C)c(Cl)cc1Cl. The molecule has 2 rings (SSSR count). The highest BCUT2D eigenvalue weighted by Gasteiger charge is 2.17. The van der Waals surface area contributed by atoms with Gasteiger partial charge >= 0.3 is 0 Å². The van der Waals surface area contributed by atoms with E-state index in [9.17, 15) is 10.1 Å². The number of nitro groups is 1. The van der Waals surface area contributed by atoms with Crippen LogP contribution in [0.5, 0.6) is 11.6 Å². The number of aromatic nitrogens is 1. The van der Waals surface area contributed by atoms with Crippen molar-refractivity contribution in [2.24, 2.45) is 0 Å². The number of benzene rings is 1. The minimum absolute atomic E-state index is 0.0357. The van der Waals surface area contributed by atoms with Crippen LogP contribution in [0.3, 0.4) is 0 Å². The van der Waals surface area contributed by atoms with E-state index in [1.165, 1.54) is 18.2 Å². The molecule has 0 radical (unpaired) electrons. The lowest BCUT2D eigenvalue weighted by atomic mass is 10.2. The van der Waals surface area contributed by atoms with Crippen molar-refractivity contribution in [1.29, 1.82) is 0 Å². The van der Waals surface area contributed by atoms with Crippen molar-refractivity contribution in [2.75, 3.05) is 12.4 Å². The van der Waals surface area contributed by atoms with Crippen LogP contribution >= 0.6 is 23.2 Å². The Balaban J connectivity index is 2.43. The lowest BCUT2D eigenvalue weighted by Crippen LogP contribution is -1.99. The first-order valence-electron chi connectivity index (χ1n) is 5.89. The third kappa shape index (κ3) is 3.17. The summed E-state index contributed by atoms with van der Waals surface area (Å²) in [5.41, 5.74) is 0.354. The van der Waals surface area contributed by atoms with Crippen molar-refractivity contribution in [1.82, 2.24) is 4.98 Å². The van der Waals surface area contributed by atoms with Gasteiger partial charge in [0.25, 0.3) is 5.69 Å². The zero-order valence-electron chi connectivity index (χ0n) is 11.2. The molecule has 0 saturated heterocycles. The summed E-state index contributed by atoms with van der Waals surface area (Å²) in [4.78, 5) is 14.6. The van der Waals surface area contributed by atoms with E-state index in [4.69, 9.17) is 27.9 Å². The Morgan fingerprint density at radius 3 is 2.67 bits per heavy atom. The number of nitrogens with one attached hydrogen (secondary N) is 1. The maximum atomic E-state index is 10.9. The molecule has 1 aromatic carbocycles. The average Bonchev–Trinajstić information content (AvgIpc) is 2.43. The molecule has 6 nitrogen and oxygen atoms in total. The van der Waals surface area contributed by atoms with E-state index in [-0.39, 0.29) is 16.6 Å². The first-order valence-corrected chi connectivity index (χ1v) is 6.65. The van der Waals surface area contributed by atoms with Gasteiger partial charge in [0.1, 0.15) is 16.6 Å². The molecule has 0 fully saturated rings. The largest absolute Gasteiger partial charge is 0.437 e. The van der Waals surface area contributed by atoms with Gasteiger partial charge in [-0.05, 0) is 19.1 Å². The zero-order chi connectivity index (χ0) is 15.6. The number of hydrogen-bond acceptors (Lipinski definition) is 5. The second-order valence-corrected chi connectivity index (χ2v) is 4.93. The topological polar surface area (TPSA) is 77.3 Å². The minimum Gasteiger partial charge on any atom is -0.437 e. The molecule has 0 aliphatic carbocycles. The number of nitro benzene ring substituents is 1. The van der Waals surface area contributed by atoms with Gasteiger partial charge in [-0.2, -0.15) is 4.98 Å². The van der Waals surface area contributed by atoms with Crippen molar-refractivity contribution in [2.45, 2.75) is 6.92 Å². The Labute approximate surface area is 130 Å². The number of pyridine rings is 1. The second kappa shape index (κ2) is 6.15. The van der Waals surface area contributed by atoms with Crippen LogP contribution in [0.25, 0.3) is 0 Å². The first kappa shape index (κ1) is 15.3. The van der Waals surface area contributed by atoms with E-state index in [1.807, 2.05) is 0 Å². The fourth-order valence-electron chi connectivity index (χ4n) is 1.71. The Morgan fingerprint density at radius 1 is 1.33 bits per heavy atom. The van der Waals surface area contributed by atoms with Gasteiger partial charge in [0, 0.05) is 13.1 Å². The Kier molecular flexibility index (Phi) is 4.50. The maximum absolute atomic E-state index is 10.9. The molecule has 1 aromatic heterocycles. The van der Waals surface area contributed by atoms with Crippen molar-refractivity contribution < 1.29 is 9.66 Å². The van der Waals surface area contributed by atoms with Crippen LogP contribution in [-0.2, 0) is 0 Å². The van der Waals surface area contributed by atoms with Crippen molar-refractivity contribution >= 4 is 34.7 Å². The molecule has 0 saturated carbocycles. The third-order valence-corrected chi connectivity index (χ3v) is 3.35. The van der Waals surface area contributed by atoms with Gasteiger partial charge in [-0.15, -0.1) is 0 Å². The molecular formula is C13H11Cl2N3O3. The smallest absolute Gasteiger partial charge is 0.276 e. The molecule has 1 heterocycles. The second-order valence-electron chi connectivity index (χ2n) is 4.12. The molecule has 0 aliphatic heterocycles. The summed E-state index contributed by atoms with van der Waals surface area (Å²) < 4.78 is 5.58. The summed E-state index contributed by atoms with van der Waals surface area (Å²) in [5.74, 6) is 0.830. The molecule has 0 unspecified atom stereocenters. The highest BCUT2D eigenvalue weighted by molar-refractivity contribution is 6.36. The van der Waals surface area contributed by atoms with Crippen LogP contribution in [0.1, 0.15) is 5.56 Å². The fraction of sp³-hybridized carbons (Fsp3) is 0.154. The van der Waals surface area contributed by atoms with Gasteiger partial charge in [-0.25, -0.2) is 0 Å². The van der Waals surface area contributed by atoms with E-state index in [1.54, 1.807) is 20.0 Å². The summed E-state index contributed by atoms with van der Waals surface area (Å²) in [7, 11) is 1.66. The lowest BCUT2D eigenvalue weighted by Gasteiger charge is -2.11. The average molecular weight is 328 g/mol. The van der Waals surface area contributed by atoms with Crippen molar-refractivity contribution in [3.8, 4) is 11.6 Å². The van der Waals surface area contributed by atoms with E-state index in [0.29, 0.717) is 22.2 Å². The summed E-state index contributed by atoms with van der Waals surface area (Å²) in [6, 6.07) is 6.03. The highest BCUT2D eigenvalue weighted by Crippen LogP contribution is 2.36. The Morgan fingerprint density at radius 2 is 2.05 bits per heavy atom. The molecule has 0 amide bonds. The number of rotatable bonds is 4. The van der Waals surface area contributed by atoms with E-state index in [2.05, 4.69) is 10.3 Å². The normalized spacial score (nSPS) is 10.3. The molecule has 1 N–H and O–H groups in total. The Bertz CT molecular complexity index is 707. The van der Waals surface area contributed by atoms with Crippen LogP contribution in [0.2, 0.25) is 10.0 Å². The lowest BCUT2D eigenvalue weighted by molar-refractivity contribution is -0.385. The van der Waals surface area contributed by atoms with Gasteiger partial charge in [0.2, 0.25) is 5.88 Å². The van der Waals surface area contributed by atoms with Crippen LogP contribution < -0.4 is 10.1 Å². The quantitative estimate of drug-likeness (QED) is 0.663. The van der Waals surface area contributed by atoms with Crippen LogP contribution in [-0.4, -0.2) is 17.0 Å². The summed E-state index contributed by atoms with van der Waals surface area (Å²) in [6.07, 6.45) is 0. The van der Waals surface area contributed by atoms with E-state index >= 15 is 0 Å². The zero-order valence-corrected chi connectivity index (χ0v) is 12.7. The van der Waals surface area contributed by atoms with Gasteiger partial charge in [0.15, 0.2) is 0 Å². The molecule has 2 aromatic rings. The number of hydrogen-bond donors (Lipinski definition) is 1. The molecule has 21 heavy (non-hydrogen) atoms. The van der Waals surface area contributed by atoms with Crippen molar-refractivity contribution in [3.63, 3.8) is 0 Å². The summed E-state index contributed by atoms with van der Waals surface area (Å²) >= 11 is 12.0. The van der Waals surface area contributed by atoms with E-state index in [0.717, 1.165) is 0 Å². The first-order chi connectivity index (χ1) is 9.93. The summed E-state index contributed by atoms with van der Waals surface area (Å²) in [6.45, 7) is 1.59. The fourth-order valence-corrected chi connectivity index (χ4v) is 2.20. The molecule has 0 aliphatic rings. The number of nitrogens with zero attached hydrogens (tertiary/aromatic N) is 2. The molecule has 0 atom stereocenters. The molecule has 110 valence electrons. The molecule has 0 bridgehead atoms. The highest BCUT2D eigenvalue weighted by atomic mass is 35.5. The van der Waals surface area contributed by atoms with Gasteiger partial charge in [-0.1, -0.05) is 29.3 Å². The van der Waals surface area contributed by atoms with E-state index < -0.39 is 4.92 Å². The van der Waals surface area contributed by atoms with Gasteiger partial charge < -0.3 is 10.1 Å². The molecule has 0 spiro atoms. The van der Waals surface area contributed by atoms with Crippen LogP contribution in [0, 0.1) is 17.0 Å². The standard InChI is InChI=1S/C13H11Cl2N3O3/c1-7-10(18(19)20)4-3-5-11(7)21-13-9(15)6-8(14)12(16-2)17-13/h3-6H,1-2H3,(H,16,17). The minimum atomic E-state index is -0.474. The third-order valence-electron chi connectivity index (χ3n) is 2.79. The monoisotopic (exact) mass is 327 g/mol. The maximum Gasteiger partial charge on any atom is 0.276 e. The van der Waals surface area contributed by atoms with Crippen molar-refractivity contribution in [3.05, 3.63) is 50.0 Å². The summed E-state index contributed by atoms with van der Waals surface area (Å²) in [5, 5.41) is 14.3. The predicted molar refractivity (Wildman–Crippen MR) is 81.7 cm³/mol. The number of halogens is 2. The Hall–Kier alpha value is -2.05. The molecule has 8 heteroatoms. The molecular weight excluding hydrogens is 317 g/mol. The number of anilines is 1. The predicted octanol–water partition coefficient (Wildman–Crippen LogP) is 4.44. The van der Waals surface area contributed by atoms with Crippen LogP contribution in [0.15, 0.2) is 24.3 Å².